The standard InChI is InChI=1S/C15H29N3S/c1-7-11(8-2)10-12(16-9-3)13-14(15(4,5)6)17-18-19-13/h11-12,16H,7-10H2,1-6H3. The van der Waals surface area contributed by atoms with E-state index in [9.17, 15) is 0 Å². The lowest BCUT2D eigenvalue weighted by molar-refractivity contribution is 0.374. The van der Waals surface area contributed by atoms with E-state index in [-0.39, 0.29) is 5.41 Å². The van der Waals surface area contributed by atoms with Gasteiger partial charge in [-0.1, -0.05) is 58.9 Å². The van der Waals surface area contributed by atoms with E-state index in [1.807, 2.05) is 0 Å². The van der Waals surface area contributed by atoms with Crippen LogP contribution in [0.3, 0.4) is 0 Å². The van der Waals surface area contributed by atoms with Crippen LogP contribution in [0.15, 0.2) is 0 Å². The van der Waals surface area contributed by atoms with Gasteiger partial charge in [-0.15, -0.1) is 5.10 Å². The Bertz CT molecular complexity index is 364. The number of nitrogens with zero attached hydrogens (tertiary/aromatic N) is 2. The van der Waals surface area contributed by atoms with Gasteiger partial charge in [-0.3, -0.25) is 0 Å². The van der Waals surface area contributed by atoms with Crippen molar-refractivity contribution in [3.63, 3.8) is 0 Å². The monoisotopic (exact) mass is 283 g/mol. The number of rotatable bonds is 7. The van der Waals surface area contributed by atoms with Crippen LogP contribution in [-0.4, -0.2) is 16.1 Å². The fourth-order valence-corrected chi connectivity index (χ4v) is 3.38. The zero-order valence-corrected chi connectivity index (χ0v) is 14.1. The molecule has 19 heavy (non-hydrogen) atoms. The fourth-order valence-electron chi connectivity index (χ4n) is 2.43. The van der Waals surface area contributed by atoms with Crippen molar-refractivity contribution in [1.29, 1.82) is 0 Å². The molecule has 1 N–H and O–H groups in total. The Hall–Kier alpha value is -0.480. The summed E-state index contributed by atoms with van der Waals surface area (Å²) in [5, 5.41) is 8.01. The van der Waals surface area contributed by atoms with E-state index in [1.54, 1.807) is 11.5 Å². The van der Waals surface area contributed by atoms with Gasteiger partial charge < -0.3 is 5.32 Å². The maximum atomic E-state index is 4.38. The Morgan fingerprint density at radius 1 is 1.16 bits per heavy atom. The Kier molecular flexibility index (Phi) is 6.40. The maximum absolute atomic E-state index is 4.38. The van der Waals surface area contributed by atoms with Crippen LogP contribution in [0.25, 0.3) is 0 Å². The molecule has 4 heteroatoms. The van der Waals surface area contributed by atoms with Gasteiger partial charge in [0.2, 0.25) is 0 Å². The predicted octanol–water partition coefficient (Wildman–Crippen LogP) is 4.31. The van der Waals surface area contributed by atoms with Gasteiger partial charge in [0.1, 0.15) is 0 Å². The SMILES string of the molecule is CCNC(CC(CC)CC)c1snnc1C(C)(C)C. The van der Waals surface area contributed by atoms with Gasteiger partial charge in [0.05, 0.1) is 10.6 Å². The molecule has 0 spiro atoms. The molecule has 1 aromatic heterocycles. The minimum atomic E-state index is 0.0733. The minimum absolute atomic E-state index is 0.0733. The number of hydrogen-bond acceptors (Lipinski definition) is 4. The van der Waals surface area contributed by atoms with Crippen molar-refractivity contribution in [3.05, 3.63) is 10.6 Å². The summed E-state index contributed by atoms with van der Waals surface area (Å²) in [6.07, 6.45) is 3.68. The molecule has 1 aromatic rings. The lowest BCUT2D eigenvalue weighted by Crippen LogP contribution is -2.26. The third-order valence-corrected chi connectivity index (χ3v) is 4.55. The Morgan fingerprint density at radius 2 is 1.79 bits per heavy atom. The summed E-state index contributed by atoms with van der Waals surface area (Å²) in [6.45, 7) is 14.4. The highest BCUT2D eigenvalue weighted by molar-refractivity contribution is 7.05. The molecule has 0 aliphatic carbocycles. The number of hydrogen-bond donors (Lipinski definition) is 1. The fraction of sp³-hybridized carbons (Fsp3) is 0.867. The van der Waals surface area contributed by atoms with Crippen molar-refractivity contribution < 1.29 is 0 Å². The predicted molar refractivity (Wildman–Crippen MR) is 83.7 cm³/mol. The third-order valence-electron chi connectivity index (χ3n) is 3.71. The molecule has 0 bridgehead atoms. The molecular formula is C15H29N3S. The van der Waals surface area contributed by atoms with E-state index in [4.69, 9.17) is 0 Å². The first-order valence-electron chi connectivity index (χ1n) is 7.50. The maximum Gasteiger partial charge on any atom is 0.0857 e. The Morgan fingerprint density at radius 3 is 2.26 bits per heavy atom. The van der Waals surface area contributed by atoms with Crippen LogP contribution < -0.4 is 5.32 Å². The molecule has 0 aliphatic heterocycles. The summed E-state index contributed by atoms with van der Waals surface area (Å²) < 4.78 is 4.20. The summed E-state index contributed by atoms with van der Waals surface area (Å²) in [4.78, 5) is 1.33. The summed E-state index contributed by atoms with van der Waals surface area (Å²) in [5.41, 5.74) is 1.23. The summed E-state index contributed by atoms with van der Waals surface area (Å²) in [5.74, 6) is 0.777. The van der Waals surface area contributed by atoms with E-state index in [0.717, 1.165) is 18.2 Å². The molecule has 0 amide bonds. The average molecular weight is 283 g/mol. The van der Waals surface area contributed by atoms with Gasteiger partial charge in [-0.05, 0) is 30.4 Å². The lowest BCUT2D eigenvalue weighted by Gasteiger charge is -2.25. The molecule has 3 nitrogen and oxygen atoms in total. The lowest BCUT2D eigenvalue weighted by atomic mass is 9.87. The van der Waals surface area contributed by atoms with E-state index < -0.39 is 0 Å². The van der Waals surface area contributed by atoms with Crippen LogP contribution in [0.4, 0.5) is 0 Å². The van der Waals surface area contributed by atoms with Gasteiger partial charge in [0, 0.05) is 11.5 Å². The van der Waals surface area contributed by atoms with Crippen LogP contribution >= 0.6 is 11.5 Å². The third kappa shape index (κ3) is 4.53. The van der Waals surface area contributed by atoms with Crippen molar-refractivity contribution in [2.24, 2.45) is 5.92 Å². The van der Waals surface area contributed by atoms with Crippen molar-refractivity contribution in [2.75, 3.05) is 6.54 Å². The molecule has 0 radical (unpaired) electrons. The minimum Gasteiger partial charge on any atom is -0.309 e. The topological polar surface area (TPSA) is 37.8 Å². The van der Waals surface area contributed by atoms with Gasteiger partial charge in [-0.2, -0.15) is 0 Å². The average Bonchev–Trinajstić information content (AvgIpc) is 2.83. The Balaban J connectivity index is 2.96. The molecule has 1 heterocycles. The van der Waals surface area contributed by atoms with E-state index in [0.29, 0.717) is 6.04 Å². The molecular weight excluding hydrogens is 254 g/mol. The van der Waals surface area contributed by atoms with Crippen molar-refractivity contribution in [3.8, 4) is 0 Å². The largest absolute Gasteiger partial charge is 0.309 e. The molecule has 1 atom stereocenters. The van der Waals surface area contributed by atoms with Crippen molar-refractivity contribution >= 4 is 11.5 Å². The molecule has 0 saturated carbocycles. The molecule has 1 rings (SSSR count). The first-order valence-corrected chi connectivity index (χ1v) is 8.27. The Labute approximate surface area is 122 Å². The first kappa shape index (κ1) is 16.6. The van der Waals surface area contributed by atoms with Gasteiger partial charge in [0.15, 0.2) is 0 Å². The van der Waals surface area contributed by atoms with Crippen LogP contribution in [-0.2, 0) is 5.41 Å². The second kappa shape index (κ2) is 7.34. The first-order chi connectivity index (χ1) is 8.93. The normalized spacial score (nSPS) is 14.1. The van der Waals surface area contributed by atoms with E-state index in [1.165, 1.54) is 24.1 Å². The molecule has 0 aliphatic rings. The second-order valence-corrected chi connectivity index (χ2v) is 7.05. The van der Waals surface area contributed by atoms with Crippen LogP contribution in [0, 0.1) is 5.92 Å². The molecule has 110 valence electrons. The van der Waals surface area contributed by atoms with Crippen LogP contribution in [0.2, 0.25) is 0 Å². The van der Waals surface area contributed by atoms with Crippen LogP contribution in [0.5, 0.6) is 0 Å². The zero-order valence-electron chi connectivity index (χ0n) is 13.3. The van der Waals surface area contributed by atoms with E-state index >= 15 is 0 Å². The molecule has 0 fully saturated rings. The number of nitrogens with one attached hydrogen (secondary N) is 1. The van der Waals surface area contributed by atoms with Gasteiger partial charge in [-0.25, -0.2) is 0 Å². The van der Waals surface area contributed by atoms with Gasteiger partial charge in [0.25, 0.3) is 0 Å². The zero-order chi connectivity index (χ0) is 14.5. The molecule has 1 unspecified atom stereocenters. The highest BCUT2D eigenvalue weighted by Crippen LogP contribution is 2.34. The summed E-state index contributed by atoms with van der Waals surface area (Å²) >= 11 is 1.56. The quantitative estimate of drug-likeness (QED) is 0.810. The summed E-state index contributed by atoms with van der Waals surface area (Å²) in [6, 6.07) is 0.407. The van der Waals surface area contributed by atoms with E-state index in [2.05, 4.69) is 56.4 Å². The molecule has 0 saturated heterocycles. The van der Waals surface area contributed by atoms with Gasteiger partial charge >= 0.3 is 0 Å². The highest BCUT2D eigenvalue weighted by Gasteiger charge is 2.27. The van der Waals surface area contributed by atoms with Crippen molar-refractivity contribution in [2.45, 2.75) is 72.3 Å². The smallest absolute Gasteiger partial charge is 0.0857 e. The molecule has 0 aromatic carbocycles. The van der Waals surface area contributed by atoms with Crippen LogP contribution in [0.1, 0.15) is 77.4 Å². The second-order valence-electron chi connectivity index (χ2n) is 6.26. The van der Waals surface area contributed by atoms with Crippen molar-refractivity contribution in [1.82, 2.24) is 14.9 Å². The summed E-state index contributed by atoms with van der Waals surface area (Å²) in [7, 11) is 0. The highest BCUT2D eigenvalue weighted by atomic mass is 32.1. The number of aromatic nitrogens is 2.